The third-order valence-corrected chi connectivity index (χ3v) is 7.45. The predicted octanol–water partition coefficient (Wildman–Crippen LogP) is 2.92. The predicted molar refractivity (Wildman–Crippen MR) is 107 cm³/mol. The first kappa shape index (κ1) is 18.6. The molecule has 1 saturated carbocycles. The van der Waals surface area contributed by atoms with Crippen molar-refractivity contribution >= 4 is 27.5 Å². The normalized spacial score (nSPS) is 25.5. The van der Waals surface area contributed by atoms with Crippen LogP contribution in [0.25, 0.3) is 10.2 Å². The van der Waals surface area contributed by atoms with E-state index in [0.717, 1.165) is 55.3 Å². The Bertz CT molecular complexity index is 829. The SMILES string of the molecule is CCN(C)C1CCC(Oc2ncnc3sc4c(c23)C[C@H](C(N)=O)CC4)CC1. The van der Waals surface area contributed by atoms with Crippen LogP contribution in [0.1, 0.15) is 49.5 Å². The molecule has 2 heterocycles. The van der Waals surface area contributed by atoms with Gasteiger partial charge in [0.05, 0.1) is 5.39 Å². The van der Waals surface area contributed by atoms with Crippen LogP contribution in [-0.4, -0.2) is 46.5 Å². The number of carbonyl (C=O) groups excluding carboxylic acids is 1. The zero-order valence-electron chi connectivity index (χ0n) is 16.1. The number of nitrogens with two attached hydrogens (primary N) is 1. The van der Waals surface area contributed by atoms with Gasteiger partial charge in [-0.2, -0.15) is 0 Å². The van der Waals surface area contributed by atoms with E-state index >= 15 is 0 Å². The second-order valence-corrected chi connectivity index (χ2v) is 8.91. The highest BCUT2D eigenvalue weighted by Gasteiger charge is 2.30. The molecule has 7 heteroatoms. The number of amides is 1. The Balaban J connectivity index is 1.55. The van der Waals surface area contributed by atoms with Gasteiger partial charge in [0.2, 0.25) is 11.8 Å². The number of hydrogen-bond acceptors (Lipinski definition) is 6. The summed E-state index contributed by atoms with van der Waals surface area (Å²) in [6.45, 7) is 3.30. The van der Waals surface area contributed by atoms with E-state index in [1.54, 1.807) is 17.7 Å². The van der Waals surface area contributed by atoms with E-state index < -0.39 is 0 Å². The quantitative estimate of drug-likeness (QED) is 0.852. The Morgan fingerprint density at radius 2 is 2.07 bits per heavy atom. The van der Waals surface area contributed by atoms with Crippen LogP contribution in [-0.2, 0) is 17.6 Å². The minimum absolute atomic E-state index is 0.0941. The van der Waals surface area contributed by atoms with Gasteiger partial charge >= 0.3 is 0 Å². The van der Waals surface area contributed by atoms with Crippen molar-refractivity contribution in [2.24, 2.45) is 11.7 Å². The highest BCUT2D eigenvalue weighted by atomic mass is 32.1. The van der Waals surface area contributed by atoms with Gasteiger partial charge in [-0.05, 0) is 64.1 Å². The lowest BCUT2D eigenvalue weighted by Crippen LogP contribution is -2.37. The molecule has 2 aromatic heterocycles. The molecule has 2 N–H and O–H groups in total. The van der Waals surface area contributed by atoms with Crippen LogP contribution in [0.2, 0.25) is 0 Å². The summed E-state index contributed by atoms with van der Waals surface area (Å²) >= 11 is 1.71. The molecule has 0 saturated heterocycles. The van der Waals surface area contributed by atoms with E-state index in [2.05, 4.69) is 28.8 Å². The number of fused-ring (bicyclic) bond motifs is 3. The van der Waals surface area contributed by atoms with E-state index in [4.69, 9.17) is 10.5 Å². The standard InChI is InChI=1S/C20H28N4O2S/c1-3-24(2)13-5-7-14(8-6-13)26-19-17-15-10-12(18(21)25)4-9-16(15)27-20(17)23-11-22-19/h11-14H,3-10H2,1-2H3,(H2,21,25)/t12-,13?,14?/m1/s1. The first-order valence-electron chi connectivity index (χ1n) is 9.98. The van der Waals surface area contributed by atoms with E-state index in [1.165, 1.54) is 10.4 Å². The molecule has 0 radical (unpaired) electrons. The number of aromatic nitrogens is 2. The molecule has 1 amide bonds. The lowest BCUT2D eigenvalue weighted by atomic mass is 9.87. The Kier molecular flexibility index (Phi) is 5.32. The maximum absolute atomic E-state index is 11.7. The molecule has 146 valence electrons. The van der Waals surface area contributed by atoms with Crippen molar-refractivity contribution in [1.29, 1.82) is 0 Å². The Labute approximate surface area is 164 Å². The number of rotatable bonds is 5. The molecule has 0 bridgehead atoms. The van der Waals surface area contributed by atoms with Crippen LogP contribution in [0.3, 0.4) is 0 Å². The zero-order valence-corrected chi connectivity index (χ0v) is 16.9. The molecule has 27 heavy (non-hydrogen) atoms. The highest BCUT2D eigenvalue weighted by Crippen LogP contribution is 2.41. The molecule has 0 spiro atoms. The zero-order chi connectivity index (χ0) is 19.0. The summed E-state index contributed by atoms with van der Waals surface area (Å²) in [5.41, 5.74) is 6.75. The van der Waals surface area contributed by atoms with Crippen molar-refractivity contribution < 1.29 is 9.53 Å². The van der Waals surface area contributed by atoms with E-state index in [1.807, 2.05) is 0 Å². The fourth-order valence-corrected chi connectivity index (χ4v) is 5.61. The average molecular weight is 389 g/mol. The average Bonchev–Trinajstić information content (AvgIpc) is 3.06. The molecule has 1 atom stereocenters. The largest absolute Gasteiger partial charge is 0.474 e. The van der Waals surface area contributed by atoms with Gasteiger partial charge in [0.25, 0.3) is 0 Å². The third-order valence-electron chi connectivity index (χ3n) is 6.25. The minimum Gasteiger partial charge on any atom is -0.474 e. The number of thiophene rings is 1. The molecule has 0 unspecified atom stereocenters. The van der Waals surface area contributed by atoms with Crippen molar-refractivity contribution in [2.45, 2.75) is 64.0 Å². The van der Waals surface area contributed by atoms with Crippen LogP contribution in [0.5, 0.6) is 5.88 Å². The maximum atomic E-state index is 11.7. The van der Waals surface area contributed by atoms with Gasteiger partial charge in [0.15, 0.2) is 0 Å². The number of carbonyl (C=O) groups is 1. The molecule has 2 aliphatic carbocycles. The Hall–Kier alpha value is -1.73. The van der Waals surface area contributed by atoms with E-state index in [9.17, 15) is 4.79 Å². The Morgan fingerprint density at radius 1 is 1.30 bits per heavy atom. The van der Waals surface area contributed by atoms with Crippen LogP contribution in [0.4, 0.5) is 0 Å². The molecule has 2 aromatic rings. The summed E-state index contributed by atoms with van der Waals surface area (Å²) in [6, 6.07) is 0.658. The third kappa shape index (κ3) is 3.67. The molecule has 2 aliphatic rings. The van der Waals surface area contributed by atoms with Crippen LogP contribution >= 0.6 is 11.3 Å². The van der Waals surface area contributed by atoms with Crippen molar-refractivity contribution in [2.75, 3.05) is 13.6 Å². The second kappa shape index (κ2) is 7.72. The summed E-state index contributed by atoms with van der Waals surface area (Å²) in [6.07, 6.45) is 8.63. The summed E-state index contributed by atoms with van der Waals surface area (Å²) in [5.74, 6) is 0.385. The van der Waals surface area contributed by atoms with Gasteiger partial charge in [-0.3, -0.25) is 4.79 Å². The van der Waals surface area contributed by atoms with Gasteiger partial charge in [0, 0.05) is 16.8 Å². The van der Waals surface area contributed by atoms with Gasteiger partial charge in [0.1, 0.15) is 17.3 Å². The summed E-state index contributed by atoms with van der Waals surface area (Å²) in [7, 11) is 2.20. The van der Waals surface area contributed by atoms with E-state index in [-0.39, 0.29) is 17.9 Å². The Morgan fingerprint density at radius 3 is 2.78 bits per heavy atom. The lowest BCUT2D eigenvalue weighted by Gasteiger charge is -2.34. The van der Waals surface area contributed by atoms with Gasteiger partial charge < -0.3 is 15.4 Å². The maximum Gasteiger partial charge on any atom is 0.225 e. The van der Waals surface area contributed by atoms with Crippen LogP contribution in [0, 0.1) is 5.92 Å². The smallest absolute Gasteiger partial charge is 0.225 e. The fourth-order valence-electron chi connectivity index (χ4n) is 4.43. The minimum atomic E-state index is -0.210. The number of primary amides is 1. The van der Waals surface area contributed by atoms with Crippen LogP contribution in [0.15, 0.2) is 6.33 Å². The van der Waals surface area contributed by atoms with Crippen LogP contribution < -0.4 is 10.5 Å². The van der Waals surface area contributed by atoms with Crippen molar-refractivity contribution in [3.8, 4) is 5.88 Å². The number of aryl methyl sites for hydroxylation is 1. The van der Waals surface area contributed by atoms with Gasteiger partial charge in [-0.15, -0.1) is 11.3 Å². The number of hydrogen-bond donors (Lipinski definition) is 1. The molecular formula is C20H28N4O2S. The van der Waals surface area contributed by atoms with Crippen molar-refractivity contribution in [3.63, 3.8) is 0 Å². The molecule has 0 aliphatic heterocycles. The number of nitrogens with zero attached hydrogens (tertiary/aromatic N) is 3. The van der Waals surface area contributed by atoms with Gasteiger partial charge in [-0.25, -0.2) is 9.97 Å². The molecule has 4 rings (SSSR count). The lowest BCUT2D eigenvalue weighted by molar-refractivity contribution is -0.122. The van der Waals surface area contributed by atoms with E-state index in [0.29, 0.717) is 18.3 Å². The highest BCUT2D eigenvalue weighted by molar-refractivity contribution is 7.18. The first-order chi connectivity index (χ1) is 13.1. The summed E-state index contributed by atoms with van der Waals surface area (Å²) in [5, 5.41) is 1.01. The topological polar surface area (TPSA) is 81.3 Å². The molecule has 0 aromatic carbocycles. The number of ether oxygens (including phenoxy) is 1. The fraction of sp³-hybridized carbons (Fsp3) is 0.650. The second-order valence-electron chi connectivity index (χ2n) is 7.83. The molecule has 6 nitrogen and oxygen atoms in total. The van der Waals surface area contributed by atoms with Gasteiger partial charge in [-0.1, -0.05) is 6.92 Å². The van der Waals surface area contributed by atoms with Crippen molar-refractivity contribution in [1.82, 2.24) is 14.9 Å². The monoisotopic (exact) mass is 388 g/mol. The first-order valence-corrected chi connectivity index (χ1v) is 10.8. The molecular weight excluding hydrogens is 360 g/mol. The summed E-state index contributed by atoms with van der Waals surface area (Å²) in [4.78, 5) is 25.3. The molecule has 1 fully saturated rings. The van der Waals surface area contributed by atoms with Crippen molar-refractivity contribution in [3.05, 3.63) is 16.8 Å². The summed E-state index contributed by atoms with van der Waals surface area (Å²) < 4.78 is 6.37.